The van der Waals surface area contributed by atoms with Crippen LogP contribution in [-0.4, -0.2) is 67.2 Å². The van der Waals surface area contributed by atoms with Crippen LogP contribution in [0, 0.1) is 0 Å². The molecule has 0 saturated carbocycles. The van der Waals surface area contributed by atoms with Gasteiger partial charge >= 0.3 is 17.8 Å². The fourth-order valence-corrected chi connectivity index (χ4v) is 6.57. The van der Waals surface area contributed by atoms with Gasteiger partial charge in [0.05, 0.1) is 23.3 Å². The summed E-state index contributed by atoms with van der Waals surface area (Å²) in [5.74, 6) is -0.731. The van der Waals surface area contributed by atoms with E-state index in [4.69, 9.17) is 4.74 Å². The van der Waals surface area contributed by atoms with E-state index in [0.717, 1.165) is 33.1 Å². The van der Waals surface area contributed by atoms with Gasteiger partial charge in [-0.15, -0.1) is 0 Å². The number of benzene rings is 2. The van der Waals surface area contributed by atoms with Crippen LogP contribution in [-0.2, 0) is 22.6 Å². The number of ether oxygens (including phenoxy) is 1. The normalized spacial score (nSPS) is 15.1. The molecule has 6 rings (SSSR count). The Labute approximate surface area is 289 Å². The minimum Gasteiger partial charge on any atom is -0.444 e. The SMILES string of the molecule is C[C@@H](c1c[nH]c2ccccc12)[C@@H](NC(=O)N1CCC(n2c(=O)[nH]c3ccccc32)CC1)C(=O)NCc1cc(CNC(=O)OC(C)(C)C)ccn1. The van der Waals surface area contributed by atoms with Gasteiger partial charge in [-0.05, 0) is 75.1 Å². The molecule has 5 N–H and O–H groups in total. The van der Waals surface area contributed by atoms with Gasteiger partial charge in [-0.25, -0.2) is 14.4 Å². The van der Waals surface area contributed by atoms with Crippen LogP contribution in [0.1, 0.15) is 69.3 Å². The molecule has 50 heavy (non-hydrogen) atoms. The van der Waals surface area contributed by atoms with E-state index < -0.39 is 17.7 Å². The number of amides is 4. The van der Waals surface area contributed by atoms with Crippen molar-refractivity contribution in [3.05, 3.63) is 100 Å². The minimum atomic E-state index is -0.896. The lowest BCUT2D eigenvalue weighted by Gasteiger charge is -2.34. The Hall–Kier alpha value is -5.59. The standard InChI is InChI=1S/C37H44N8O5/c1-23(28-22-39-29-10-6-5-9-27(28)29)32(33(46)40-21-25-19-24(13-16-38-25)20-41-36(49)50-37(2,3)4)43-34(47)44-17-14-26(15-18-44)45-31-12-8-7-11-30(31)42-35(45)48/h5-13,16,19,22-23,26,32,39H,14-15,17-18,20-21H2,1-4H3,(H,40,46)(H,41,49)(H,42,48)(H,43,47)/t23-,32+/m0/s1. The molecule has 4 heterocycles. The Morgan fingerprint density at radius 2 is 1.70 bits per heavy atom. The van der Waals surface area contributed by atoms with Gasteiger partial charge in [0.15, 0.2) is 0 Å². The molecular weight excluding hydrogens is 636 g/mol. The van der Waals surface area contributed by atoms with Crippen molar-refractivity contribution in [2.45, 2.75) is 77.2 Å². The van der Waals surface area contributed by atoms with E-state index in [1.807, 2.05) is 61.7 Å². The fourth-order valence-electron chi connectivity index (χ4n) is 6.57. The number of para-hydroxylation sites is 3. The number of carbonyl (C=O) groups is 3. The number of piperidine rings is 1. The van der Waals surface area contributed by atoms with Gasteiger partial charge in [0, 0.05) is 54.9 Å². The number of rotatable bonds is 9. The molecule has 5 aromatic rings. The largest absolute Gasteiger partial charge is 0.444 e. The molecule has 0 aliphatic carbocycles. The lowest BCUT2D eigenvalue weighted by Crippen LogP contribution is -2.54. The number of nitrogens with one attached hydrogen (secondary N) is 5. The molecule has 0 unspecified atom stereocenters. The van der Waals surface area contributed by atoms with Gasteiger partial charge in [0.2, 0.25) is 5.91 Å². The van der Waals surface area contributed by atoms with Crippen molar-refractivity contribution in [2.75, 3.05) is 13.1 Å². The Bertz CT molecular complexity index is 2050. The molecule has 3 aromatic heterocycles. The maximum absolute atomic E-state index is 13.9. The number of urea groups is 1. The lowest BCUT2D eigenvalue weighted by molar-refractivity contribution is -0.123. The topological polar surface area (TPSA) is 166 Å². The number of hydrogen-bond acceptors (Lipinski definition) is 6. The van der Waals surface area contributed by atoms with Crippen LogP contribution in [0.4, 0.5) is 9.59 Å². The summed E-state index contributed by atoms with van der Waals surface area (Å²) in [6, 6.07) is 17.8. The first kappa shape index (κ1) is 34.3. The van der Waals surface area contributed by atoms with E-state index in [1.165, 1.54) is 0 Å². The van der Waals surface area contributed by atoms with Crippen LogP contribution in [0.15, 0.2) is 77.9 Å². The van der Waals surface area contributed by atoms with Gasteiger partial charge in [-0.1, -0.05) is 37.3 Å². The number of H-pyrrole nitrogens is 2. The number of nitrogens with zero attached hydrogens (tertiary/aromatic N) is 3. The highest BCUT2D eigenvalue weighted by Gasteiger charge is 2.33. The monoisotopic (exact) mass is 680 g/mol. The summed E-state index contributed by atoms with van der Waals surface area (Å²) in [6.07, 6.45) is 4.19. The molecular formula is C37H44N8O5. The van der Waals surface area contributed by atoms with Crippen LogP contribution >= 0.6 is 0 Å². The highest BCUT2D eigenvalue weighted by atomic mass is 16.6. The number of aromatic amines is 2. The van der Waals surface area contributed by atoms with Crippen molar-refractivity contribution in [3.8, 4) is 0 Å². The molecule has 2 aromatic carbocycles. The number of alkyl carbamates (subject to hydrolysis) is 1. The molecule has 1 aliphatic heterocycles. The van der Waals surface area contributed by atoms with E-state index in [-0.39, 0.29) is 42.7 Å². The average molecular weight is 681 g/mol. The summed E-state index contributed by atoms with van der Waals surface area (Å²) in [4.78, 5) is 64.9. The summed E-state index contributed by atoms with van der Waals surface area (Å²) in [6.45, 7) is 8.55. The highest BCUT2D eigenvalue weighted by Crippen LogP contribution is 2.29. The average Bonchev–Trinajstić information content (AvgIpc) is 3.68. The quantitative estimate of drug-likeness (QED) is 0.146. The number of carbonyl (C=O) groups excluding carboxylic acids is 3. The number of pyridine rings is 1. The third-order valence-corrected chi connectivity index (χ3v) is 9.07. The Morgan fingerprint density at radius 1 is 0.980 bits per heavy atom. The summed E-state index contributed by atoms with van der Waals surface area (Å²) >= 11 is 0. The number of fused-ring (bicyclic) bond motifs is 2. The predicted octanol–water partition coefficient (Wildman–Crippen LogP) is 5.07. The van der Waals surface area contributed by atoms with Crippen LogP contribution in [0.5, 0.6) is 0 Å². The summed E-state index contributed by atoms with van der Waals surface area (Å²) in [7, 11) is 0. The van der Waals surface area contributed by atoms with Crippen LogP contribution < -0.4 is 21.6 Å². The Kier molecular flexibility index (Phi) is 9.93. The van der Waals surface area contributed by atoms with E-state index in [9.17, 15) is 19.2 Å². The highest BCUT2D eigenvalue weighted by molar-refractivity contribution is 5.90. The zero-order valence-corrected chi connectivity index (χ0v) is 28.8. The van der Waals surface area contributed by atoms with E-state index in [2.05, 4.69) is 30.9 Å². The maximum Gasteiger partial charge on any atom is 0.407 e. The van der Waals surface area contributed by atoms with Gasteiger partial charge in [-0.3, -0.25) is 14.3 Å². The number of aromatic nitrogens is 4. The van der Waals surface area contributed by atoms with Crippen molar-refractivity contribution in [2.24, 2.45) is 0 Å². The third kappa shape index (κ3) is 7.82. The molecule has 4 amide bonds. The molecule has 2 atom stereocenters. The van der Waals surface area contributed by atoms with Gasteiger partial charge < -0.3 is 35.6 Å². The van der Waals surface area contributed by atoms with Gasteiger partial charge in [0.1, 0.15) is 11.6 Å². The van der Waals surface area contributed by atoms with Crippen LogP contribution in [0.2, 0.25) is 0 Å². The molecule has 1 fully saturated rings. The number of likely N-dealkylation sites (tertiary alicyclic amines) is 1. The molecule has 262 valence electrons. The molecule has 0 spiro atoms. The maximum atomic E-state index is 13.9. The molecule has 1 saturated heterocycles. The fraction of sp³-hybridized carbons (Fsp3) is 0.378. The molecule has 0 bridgehead atoms. The van der Waals surface area contributed by atoms with Crippen molar-refractivity contribution >= 4 is 40.0 Å². The second-order valence-corrected chi connectivity index (χ2v) is 13.8. The summed E-state index contributed by atoms with van der Waals surface area (Å²) < 4.78 is 7.10. The molecule has 1 aliphatic rings. The molecule has 13 nitrogen and oxygen atoms in total. The van der Waals surface area contributed by atoms with Crippen molar-refractivity contribution < 1.29 is 19.1 Å². The van der Waals surface area contributed by atoms with Gasteiger partial charge in [0.25, 0.3) is 0 Å². The Balaban J connectivity index is 1.13. The summed E-state index contributed by atoms with van der Waals surface area (Å²) in [5, 5.41) is 9.72. The summed E-state index contributed by atoms with van der Waals surface area (Å²) in [5.41, 5.74) is 4.12. The van der Waals surface area contributed by atoms with E-state index in [1.54, 1.807) is 48.6 Å². The number of imidazole rings is 1. The molecule has 0 radical (unpaired) electrons. The lowest BCUT2D eigenvalue weighted by atomic mass is 9.92. The first-order valence-corrected chi connectivity index (χ1v) is 17.0. The van der Waals surface area contributed by atoms with Crippen LogP contribution in [0.3, 0.4) is 0 Å². The predicted molar refractivity (Wildman–Crippen MR) is 191 cm³/mol. The Morgan fingerprint density at radius 3 is 2.46 bits per heavy atom. The molecule has 13 heteroatoms. The third-order valence-electron chi connectivity index (χ3n) is 9.07. The van der Waals surface area contributed by atoms with Crippen molar-refractivity contribution in [3.63, 3.8) is 0 Å². The number of hydrogen-bond donors (Lipinski definition) is 5. The van der Waals surface area contributed by atoms with Crippen LogP contribution in [0.25, 0.3) is 21.9 Å². The first-order chi connectivity index (χ1) is 24.0. The second kappa shape index (κ2) is 14.5. The first-order valence-electron chi connectivity index (χ1n) is 17.0. The van der Waals surface area contributed by atoms with Crippen molar-refractivity contribution in [1.82, 2.24) is 40.4 Å². The van der Waals surface area contributed by atoms with E-state index in [0.29, 0.717) is 31.6 Å². The second-order valence-electron chi connectivity index (χ2n) is 13.8. The smallest absolute Gasteiger partial charge is 0.407 e. The minimum absolute atomic E-state index is 0.0467. The van der Waals surface area contributed by atoms with Crippen molar-refractivity contribution in [1.29, 1.82) is 0 Å². The zero-order chi connectivity index (χ0) is 35.4. The van der Waals surface area contributed by atoms with E-state index >= 15 is 0 Å². The zero-order valence-electron chi connectivity index (χ0n) is 28.8. The van der Waals surface area contributed by atoms with Gasteiger partial charge in [-0.2, -0.15) is 0 Å².